The normalized spacial score (nSPS) is 13.9. The number of nitrogens with one attached hydrogen (secondary N) is 2. The molecule has 0 bridgehead atoms. The van der Waals surface area contributed by atoms with Gasteiger partial charge in [-0.1, -0.05) is 0 Å². The van der Waals surface area contributed by atoms with Gasteiger partial charge in [-0.25, -0.2) is 0 Å². The third-order valence-electron chi connectivity index (χ3n) is 2.49. The number of ether oxygens (including phenoxy) is 2. The van der Waals surface area contributed by atoms with Crippen molar-refractivity contribution in [3.8, 4) is 0 Å². The first-order valence-corrected chi connectivity index (χ1v) is 6.47. The van der Waals surface area contributed by atoms with Gasteiger partial charge < -0.3 is 20.1 Å². The van der Waals surface area contributed by atoms with Gasteiger partial charge in [-0.2, -0.15) is 0 Å². The SMILES string of the molecule is COCC(CNCCCCNC(C)(C)C)OC. The van der Waals surface area contributed by atoms with Gasteiger partial charge in [0.2, 0.25) is 0 Å². The lowest BCUT2D eigenvalue weighted by molar-refractivity contribution is 0.0290. The molecule has 0 aliphatic carbocycles. The number of unbranched alkanes of at least 4 members (excludes halogenated alkanes) is 1. The molecule has 17 heavy (non-hydrogen) atoms. The number of hydrogen-bond acceptors (Lipinski definition) is 4. The molecule has 0 fully saturated rings. The summed E-state index contributed by atoms with van der Waals surface area (Å²) < 4.78 is 10.3. The summed E-state index contributed by atoms with van der Waals surface area (Å²) >= 11 is 0. The highest BCUT2D eigenvalue weighted by molar-refractivity contribution is 4.69. The molecule has 0 saturated heterocycles. The summed E-state index contributed by atoms with van der Waals surface area (Å²) in [6.45, 7) is 10.2. The summed E-state index contributed by atoms with van der Waals surface area (Å²) in [7, 11) is 3.42. The average Bonchev–Trinajstić information content (AvgIpc) is 2.24. The van der Waals surface area contributed by atoms with Gasteiger partial charge in [0.15, 0.2) is 0 Å². The molecular weight excluding hydrogens is 216 g/mol. The molecule has 0 aromatic rings. The summed E-state index contributed by atoms with van der Waals surface area (Å²) in [6.07, 6.45) is 2.55. The molecular formula is C13H30N2O2. The molecule has 1 atom stereocenters. The van der Waals surface area contributed by atoms with E-state index in [0.717, 1.165) is 19.6 Å². The van der Waals surface area contributed by atoms with E-state index in [1.165, 1.54) is 12.8 Å². The second kappa shape index (κ2) is 9.83. The van der Waals surface area contributed by atoms with E-state index in [9.17, 15) is 0 Å². The maximum Gasteiger partial charge on any atom is 0.0928 e. The number of rotatable bonds is 10. The van der Waals surface area contributed by atoms with Gasteiger partial charge in [0.25, 0.3) is 0 Å². The van der Waals surface area contributed by atoms with E-state index in [4.69, 9.17) is 9.47 Å². The summed E-state index contributed by atoms with van der Waals surface area (Å²) in [5.41, 5.74) is 0.229. The predicted molar refractivity (Wildman–Crippen MR) is 72.5 cm³/mol. The van der Waals surface area contributed by atoms with E-state index in [-0.39, 0.29) is 11.6 Å². The van der Waals surface area contributed by atoms with Crippen LogP contribution in [0.15, 0.2) is 0 Å². The minimum Gasteiger partial charge on any atom is -0.382 e. The van der Waals surface area contributed by atoms with E-state index >= 15 is 0 Å². The molecule has 0 spiro atoms. The monoisotopic (exact) mass is 246 g/mol. The van der Waals surface area contributed by atoms with Crippen molar-refractivity contribution in [2.45, 2.75) is 45.3 Å². The van der Waals surface area contributed by atoms with Crippen LogP contribution >= 0.6 is 0 Å². The fraction of sp³-hybridized carbons (Fsp3) is 1.00. The molecule has 0 aliphatic heterocycles. The smallest absolute Gasteiger partial charge is 0.0928 e. The van der Waals surface area contributed by atoms with Crippen molar-refractivity contribution in [1.29, 1.82) is 0 Å². The van der Waals surface area contributed by atoms with Crippen LogP contribution in [0.4, 0.5) is 0 Å². The Bertz CT molecular complexity index is 169. The Hall–Kier alpha value is -0.160. The zero-order valence-corrected chi connectivity index (χ0v) is 12.1. The molecule has 0 aromatic heterocycles. The van der Waals surface area contributed by atoms with Crippen LogP contribution in [0.1, 0.15) is 33.6 Å². The Kier molecular flexibility index (Phi) is 9.74. The van der Waals surface area contributed by atoms with E-state index in [0.29, 0.717) is 6.61 Å². The minimum atomic E-state index is 0.160. The first kappa shape index (κ1) is 16.8. The molecule has 0 rings (SSSR count). The Morgan fingerprint density at radius 3 is 2.24 bits per heavy atom. The van der Waals surface area contributed by atoms with Crippen LogP contribution in [0, 0.1) is 0 Å². The van der Waals surface area contributed by atoms with Crippen molar-refractivity contribution in [2.75, 3.05) is 40.5 Å². The highest BCUT2D eigenvalue weighted by Gasteiger charge is 2.07. The summed E-state index contributed by atoms with van der Waals surface area (Å²) in [5, 5.41) is 6.87. The van der Waals surface area contributed by atoms with Gasteiger partial charge in [0.05, 0.1) is 12.7 Å². The van der Waals surface area contributed by atoms with Crippen LogP contribution < -0.4 is 10.6 Å². The molecule has 0 heterocycles. The topological polar surface area (TPSA) is 42.5 Å². The number of methoxy groups -OCH3 is 2. The van der Waals surface area contributed by atoms with Gasteiger partial charge in [-0.05, 0) is 46.7 Å². The molecule has 0 saturated carbocycles. The van der Waals surface area contributed by atoms with E-state index in [1.807, 2.05) is 0 Å². The molecule has 0 aromatic carbocycles. The summed E-state index contributed by atoms with van der Waals surface area (Å²) in [6, 6.07) is 0. The first-order valence-electron chi connectivity index (χ1n) is 6.47. The minimum absolute atomic E-state index is 0.160. The van der Waals surface area contributed by atoms with Crippen molar-refractivity contribution in [2.24, 2.45) is 0 Å². The van der Waals surface area contributed by atoms with Crippen molar-refractivity contribution in [3.63, 3.8) is 0 Å². The number of hydrogen-bond donors (Lipinski definition) is 2. The van der Waals surface area contributed by atoms with E-state index in [2.05, 4.69) is 31.4 Å². The van der Waals surface area contributed by atoms with Crippen LogP contribution in [0.2, 0.25) is 0 Å². The Morgan fingerprint density at radius 2 is 1.71 bits per heavy atom. The lowest BCUT2D eigenvalue weighted by Crippen LogP contribution is -2.37. The van der Waals surface area contributed by atoms with Gasteiger partial charge in [-0.15, -0.1) is 0 Å². The fourth-order valence-corrected chi connectivity index (χ4v) is 1.50. The van der Waals surface area contributed by atoms with Gasteiger partial charge in [0.1, 0.15) is 0 Å². The van der Waals surface area contributed by atoms with Crippen molar-refractivity contribution >= 4 is 0 Å². The van der Waals surface area contributed by atoms with Crippen LogP contribution in [0.3, 0.4) is 0 Å². The molecule has 104 valence electrons. The standard InChI is InChI=1S/C13H30N2O2/c1-13(2,3)15-9-7-6-8-14-10-12(17-5)11-16-4/h12,14-15H,6-11H2,1-5H3. The zero-order chi connectivity index (χ0) is 13.1. The third-order valence-corrected chi connectivity index (χ3v) is 2.49. The largest absolute Gasteiger partial charge is 0.382 e. The highest BCUT2D eigenvalue weighted by atomic mass is 16.5. The Balaban J connectivity index is 3.28. The molecule has 0 aliphatic rings. The maximum absolute atomic E-state index is 5.26. The van der Waals surface area contributed by atoms with Crippen molar-refractivity contribution in [1.82, 2.24) is 10.6 Å². The second-order valence-corrected chi connectivity index (χ2v) is 5.40. The highest BCUT2D eigenvalue weighted by Crippen LogP contribution is 1.98. The van der Waals surface area contributed by atoms with Crippen LogP contribution in [0.25, 0.3) is 0 Å². The van der Waals surface area contributed by atoms with Gasteiger partial charge >= 0.3 is 0 Å². The van der Waals surface area contributed by atoms with Crippen LogP contribution in [-0.2, 0) is 9.47 Å². The second-order valence-electron chi connectivity index (χ2n) is 5.40. The molecule has 2 N–H and O–H groups in total. The van der Waals surface area contributed by atoms with Crippen LogP contribution in [0.5, 0.6) is 0 Å². The molecule has 4 nitrogen and oxygen atoms in total. The zero-order valence-electron chi connectivity index (χ0n) is 12.1. The molecule has 4 heteroatoms. The average molecular weight is 246 g/mol. The summed E-state index contributed by atoms with van der Waals surface area (Å²) in [5.74, 6) is 0. The van der Waals surface area contributed by atoms with E-state index < -0.39 is 0 Å². The lowest BCUT2D eigenvalue weighted by Gasteiger charge is -2.20. The lowest BCUT2D eigenvalue weighted by atomic mass is 10.1. The van der Waals surface area contributed by atoms with Crippen LogP contribution in [-0.4, -0.2) is 52.1 Å². The quantitative estimate of drug-likeness (QED) is 0.572. The predicted octanol–water partition coefficient (Wildman–Crippen LogP) is 1.41. The third kappa shape index (κ3) is 12.1. The molecule has 1 unspecified atom stereocenters. The van der Waals surface area contributed by atoms with Gasteiger partial charge in [0, 0.05) is 26.3 Å². The summed E-state index contributed by atoms with van der Waals surface area (Å²) in [4.78, 5) is 0. The Morgan fingerprint density at radius 1 is 1.06 bits per heavy atom. The maximum atomic E-state index is 5.26. The Labute approximate surface area is 106 Å². The van der Waals surface area contributed by atoms with E-state index in [1.54, 1.807) is 14.2 Å². The molecule has 0 amide bonds. The molecule has 0 radical (unpaired) electrons. The fourth-order valence-electron chi connectivity index (χ4n) is 1.50. The van der Waals surface area contributed by atoms with Crippen molar-refractivity contribution < 1.29 is 9.47 Å². The van der Waals surface area contributed by atoms with Gasteiger partial charge in [-0.3, -0.25) is 0 Å². The van der Waals surface area contributed by atoms with Crippen molar-refractivity contribution in [3.05, 3.63) is 0 Å². The first-order chi connectivity index (χ1) is 7.99.